The van der Waals surface area contributed by atoms with E-state index in [0.29, 0.717) is 36.9 Å². The largest absolute Gasteiger partial charge is 0.461 e. The van der Waals surface area contributed by atoms with Crippen molar-refractivity contribution in [2.75, 3.05) is 6.54 Å². The predicted octanol–water partition coefficient (Wildman–Crippen LogP) is 6.64. The maximum atomic E-state index is 14.3. The van der Waals surface area contributed by atoms with E-state index in [4.69, 9.17) is 4.42 Å². The van der Waals surface area contributed by atoms with E-state index in [1.54, 1.807) is 42.5 Å². The molecular weight excluding hydrogens is 451 g/mol. The van der Waals surface area contributed by atoms with Crippen LogP contribution in [0.4, 0.5) is 13.2 Å². The van der Waals surface area contributed by atoms with Gasteiger partial charge in [0, 0.05) is 18.7 Å². The van der Waals surface area contributed by atoms with Crippen molar-refractivity contribution in [2.24, 2.45) is 5.92 Å². The first-order valence-electron chi connectivity index (χ1n) is 11.5. The van der Waals surface area contributed by atoms with Gasteiger partial charge in [0.1, 0.15) is 29.0 Å². The zero-order valence-electron chi connectivity index (χ0n) is 19.7. The number of furan rings is 1. The third-order valence-corrected chi connectivity index (χ3v) is 5.86. The number of halogens is 3. The number of hydrogen-bond donors (Lipinski definition) is 1. The summed E-state index contributed by atoms with van der Waals surface area (Å²) in [7, 11) is 0. The molecule has 0 saturated heterocycles. The van der Waals surface area contributed by atoms with Gasteiger partial charge in [-0.15, -0.1) is 0 Å². The average Bonchev–Trinajstić information content (AvgIpc) is 3.28. The van der Waals surface area contributed by atoms with Crippen LogP contribution in [0.1, 0.15) is 42.1 Å². The molecule has 3 aromatic carbocycles. The highest BCUT2D eigenvalue weighted by atomic mass is 19.1. The monoisotopic (exact) mass is 479 g/mol. The summed E-state index contributed by atoms with van der Waals surface area (Å²) in [6, 6.07) is 21.1. The molecule has 35 heavy (non-hydrogen) atoms. The highest BCUT2D eigenvalue weighted by Gasteiger charge is 2.38. The first-order valence-corrected chi connectivity index (χ1v) is 11.5. The average molecular weight is 480 g/mol. The molecule has 0 radical (unpaired) electrons. The van der Waals surface area contributed by atoms with Crippen molar-refractivity contribution >= 4 is 0 Å². The van der Waals surface area contributed by atoms with Crippen molar-refractivity contribution in [3.05, 3.63) is 131 Å². The first-order chi connectivity index (χ1) is 16.8. The molecule has 0 aliphatic rings. The highest BCUT2D eigenvalue weighted by molar-refractivity contribution is 5.44. The standard InChI is InChI=1S/C29H28F3NO2/c1-20(2)17-33(18-21-7-3-4-12-27(21)32)19-26-13-14-28(35-26)29(34,22-8-5-10-24(30)15-22)23-9-6-11-25(31)16-23/h3-16,20,34H,17-19H2,1-2H3. The van der Waals surface area contributed by atoms with Crippen molar-refractivity contribution in [1.29, 1.82) is 0 Å². The van der Waals surface area contributed by atoms with Gasteiger partial charge in [-0.3, -0.25) is 4.90 Å². The van der Waals surface area contributed by atoms with Crippen LogP contribution in [0.25, 0.3) is 0 Å². The number of hydrogen-bond acceptors (Lipinski definition) is 3. The van der Waals surface area contributed by atoms with E-state index < -0.39 is 17.2 Å². The van der Waals surface area contributed by atoms with Gasteiger partial charge in [0.05, 0.1) is 6.54 Å². The van der Waals surface area contributed by atoms with E-state index in [1.807, 2.05) is 0 Å². The van der Waals surface area contributed by atoms with Crippen LogP contribution in [-0.2, 0) is 18.7 Å². The van der Waals surface area contributed by atoms with Crippen LogP contribution < -0.4 is 0 Å². The van der Waals surface area contributed by atoms with Gasteiger partial charge in [-0.25, -0.2) is 13.2 Å². The third-order valence-electron chi connectivity index (χ3n) is 5.86. The molecule has 1 aromatic heterocycles. The molecule has 3 nitrogen and oxygen atoms in total. The Bertz CT molecular complexity index is 1240. The Hall–Kier alpha value is -3.35. The molecule has 0 aliphatic heterocycles. The van der Waals surface area contributed by atoms with Crippen LogP contribution in [-0.4, -0.2) is 16.6 Å². The Morgan fingerprint density at radius 1 is 0.800 bits per heavy atom. The maximum Gasteiger partial charge on any atom is 0.173 e. The molecular formula is C29H28F3NO2. The second-order valence-electron chi connectivity index (χ2n) is 9.15. The van der Waals surface area contributed by atoms with Gasteiger partial charge in [0.25, 0.3) is 0 Å². The molecule has 0 fully saturated rings. The number of rotatable bonds is 9. The zero-order chi connectivity index (χ0) is 25.0. The predicted molar refractivity (Wildman–Crippen MR) is 129 cm³/mol. The molecule has 0 saturated carbocycles. The molecule has 0 unspecified atom stereocenters. The summed E-state index contributed by atoms with van der Waals surface area (Å²) in [6.07, 6.45) is 0. The van der Waals surface area contributed by atoms with Crippen molar-refractivity contribution in [1.82, 2.24) is 4.90 Å². The van der Waals surface area contributed by atoms with E-state index in [9.17, 15) is 18.3 Å². The second-order valence-corrected chi connectivity index (χ2v) is 9.15. The molecule has 0 aliphatic carbocycles. The van der Waals surface area contributed by atoms with E-state index >= 15 is 0 Å². The molecule has 0 atom stereocenters. The smallest absolute Gasteiger partial charge is 0.173 e. The molecule has 0 bridgehead atoms. The molecule has 1 heterocycles. The van der Waals surface area contributed by atoms with Crippen LogP contribution in [0.5, 0.6) is 0 Å². The van der Waals surface area contributed by atoms with E-state index in [1.165, 1.54) is 42.5 Å². The Morgan fingerprint density at radius 2 is 1.43 bits per heavy atom. The minimum Gasteiger partial charge on any atom is -0.461 e. The van der Waals surface area contributed by atoms with Gasteiger partial charge in [-0.2, -0.15) is 0 Å². The van der Waals surface area contributed by atoms with Crippen LogP contribution in [0.3, 0.4) is 0 Å². The summed E-state index contributed by atoms with van der Waals surface area (Å²) in [5.41, 5.74) is -0.892. The highest BCUT2D eigenvalue weighted by Crippen LogP contribution is 2.38. The Balaban J connectivity index is 1.69. The third kappa shape index (κ3) is 5.66. The summed E-state index contributed by atoms with van der Waals surface area (Å²) >= 11 is 0. The van der Waals surface area contributed by atoms with Gasteiger partial charge in [0.15, 0.2) is 5.60 Å². The van der Waals surface area contributed by atoms with Crippen LogP contribution in [0.15, 0.2) is 89.3 Å². The Labute approximate surface area is 203 Å². The number of aliphatic hydroxyl groups is 1. The fourth-order valence-corrected chi connectivity index (χ4v) is 4.32. The lowest BCUT2D eigenvalue weighted by molar-refractivity contribution is 0.0941. The van der Waals surface area contributed by atoms with E-state index in [2.05, 4.69) is 18.7 Å². The van der Waals surface area contributed by atoms with Gasteiger partial charge in [-0.05, 0) is 59.5 Å². The molecule has 4 aromatic rings. The summed E-state index contributed by atoms with van der Waals surface area (Å²) < 4.78 is 48.6. The second kappa shape index (κ2) is 10.5. The Kier molecular flexibility index (Phi) is 7.43. The normalized spacial score (nSPS) is 12.0. The van der Waals surface area contributed by atoms with Crippen molar-refractivity contribution in [2.45, 2.75) is 32.5 Å². The lowest BCUT2D eigenvalue weighted by atomic mass is 9.84. The van der Waals surface area contributed by atoms with Gasteiger partial charge in [0.2, 0.25) is 0 Å². The van der Waals surface area contributed by atoms with Crippen molar-refractivity contribution < 1.29 is 22.7 Å². The van der Waals surface area contributed by atoms with Gasteiger partial charge in [-0.1, -0.05) is 56.3 Å². The fraction of sp³-hybridized carbons (Fsp3) is 0.241. The van der Waals surface area contributed by atoms with E-state index in [0.717, 1.165) is 0 Å². The van der Waals surface area contributed by atoms with Crippen LogP contribution >= 0.6 is 0 Å². The summed E-state index contributed by atoms with van der Waals surface area (Å²) in [4.78, 5) is 2.06. The van der Waals surface area contributed by atoms with Crippen LogP contribution in [0.2, 0.25) is 0 Å². The van der Waals surface area contributed by atoms with Gasteiger partial charge >= 0.3 is 0 Å². The maximum absolute atomic E-state index is 14.3. The lowest BCUT2D eigenvalue weighted by Gasteiger charge is -2.28. The minimum atomic E-state index is -1.91. The molecule has 182 valence electrons. The minimum absolute atomic E-state index is 0.138. The Morgan fingerprint density at radius 3 is 2.00 bits per heavy atom. The quantitative estimate of drug-likeness (QED) is 0.292. The summed E-state index contributed by atoms with van der Waals surface area (Å²) in [5.74, 6) is -0.322. The van der Waals surface area contributed by atoms with Gasteiger partial charge < -0.3 is 9.52 Å². The molecule has 4 rings (SSSR count). The summed E-state index contributed by atoms with van der Waals surface area (Å²) in [6.45, 7) is 5.61. The van der Waals surface area contributed by atoms with E-state index in [-0.39, 0.29) is 22.7 Å². The first kappa shape index (κ1) is 24.8. The lowest BCUT2D eigenvalue weighted by Crippen LogP contribution is -2.29. The molecule has 1 N–H and O–H groups in total. The number of nitrogens with zero attached hydrogens (tertiary/aromatic N) is 1. The molecule has 6 heteroatoms. The zero-order valence-corrected chi connectivity index (χ0v) is 19.7. The van der Waals surface area contributed by atoms with Crippen molar-refractivity contribution in [3.63, 3.8) is 0 Å². The van der Waals surface area contributed by atoms with Crippen LogP contribution in [0, 0.1) is 23.4 Å². The molecule has 0 spiro atoms. The summed E-state index contributed by atoms with van der Waals surface area (Å²) in [5, 5.41) is 11.8. The molecule has 0 amide bonds. The fourth-order valence-electron chi connectivity index (χ4n) is 4.32. The SMILES string of the molecule is CC(C)CN(Cc1ccc(C(O)(c2cccc(F)c2)c2cccc(F)c2)o1)Cc1ccccc1F. The number of benzene rings is 3. The topological polar surface area (TPSA) is 36.6 Å². The van der Waals surface area contributed by atoms with Crippen molar-refractivity contribution in [3.8, 4) is 0 Å².